The highest BCUT2D eigenvalue weighted by Crippen LogP contribution is 2.07. The summed E-state index contributed by atoms with van der Waals surface area (Å²) in [6, 6.07) is 17.3. The van der Waals surface area contributed by atoms with E-state index in [1.807, 2.05) is 61.5 Å². The summed E-state index contributed by atoms with van der Waals surface area (Å²) in [5.74, 6) is 1.49. The summed E-state index contributed by atoms with van der Waals surface area (Å²) in [5.41, 5.74) is 1.68. The zero-order valence-corrected chi connectivity index (χ0v) is 18.7. The molecule has 6 nitrogen and oxygen atoms in total. The average molecular weight is 496 g/mol. The molecule has 0 aromatic heterocycles. The lowest BCUT2D eigenvalue weighted by atomic mass is 10.1. The number of carbonyl (C=O) groups is 1. The van der Waals surface area contributed by atoms with Gasteiger partial charge in [0.15, 0.2) is 5.96 Å². The van der Waals surface area contributed by atoms with Crippen molar-refractivity contribution in [3.05, 3.63) is 65.7 Å². The van der Waals surface area contributed by atoms with Crippen LogP contribution in [0.3, 0.4) is 0 Å². The van der Waals surface area contributed by atoms with E-state index in [2.05, 4.69) is 20.9 Å². The molecule has 0 bridgehead atoms. The van der Waals surface area contributed by atoms with Gasteiger partial charge in [0.05, 0.1) is 6.54 Å². The molecule has 0 saturated heterocycles. The fourth-order valence-corrected chi connectivity index (χ4v) is 2.42. The molecule has 152 valence electrons. The van der Waals surface area contributed by atoms with Gasteiger partial charge >= 0.3 is 0 Å². The number of nitrogens with one attached hydrogen (secondary N) is 3. The maximum atomic E-state index is 12.1. The molecule has 0 aliphatic carbocycles. The van der Waals surface area contributed by atoms with E-state index >= 15 is 0 Å². The average Bonchev–Trinajstić information content (AvgIpc) is 2.72. The van der Waals surface area contributed by atoms with Crippen LogP contribution in [0.5, 0.6) is 5.75 Å². The summed E-state index contributed by atoms with van der Waals surface area (Å²) in [6.45, 7) is 4.47. The van der Waals surface area contributed by atoms with Gasteiger partial charge in [0.2, 0.25) is 0 Å². The molecule has 0 spiro atoms. The molecule has 0 saturated carbocycles. The topological polar surface area (TPSA) is 74.8 Å². The fourth-order valence-electron chi connectivity index (χ4n) is 2.42. The highest BCUT2D eigenvalue weighted by Gasteiger charge is 2.05. The molecule has 2 aromatic carbocycles. The van der Waals surface area contributed by atoms with Crippen molar-refractivity contribution in [1.82, 2.24) is 16.0 Å². The lowest BCUT2D eigenvalue weighted by Gasteiger charge is -2.13. The molecule has 0 atom stereocenters. The first-order chi connectivity index (χ1) is 13.2. The number of ether oxygens (including phenoxy) is 1. The fraction of sp³-hybridized carbons (Fsp3) is 0.333. The van der Waals surface area contributed by atoms with E-state index in [4.69, 9.17) is 4.74 Å². The number of guanidine groups is 1. The van der Waals surface area contributed by atoms with E-state index in [0.717, 1.165) is 17.7 Å². The number of amides is 1. The minimum atomic E-state index is -0.0423. The number of benzene rings is 2. The van der Waals surface area contributed by atoms with Gasteiger partial charge in [-0.05, 0) is 36.2 Å². The summed E-state index contributed by atoms with van der Waals surface area (Å²) < 4.78 is 5.65. The second kappa shape index (κ2) is 13.8. The van der Waals surface area contributed by atoms with E-state index in [0.29, 0.717) is 37.8 Å². The third-order valence-corrected chi connectivity index (χ3v) is 3.81. The zero-order valence-electron chi connectivity index (χ0n) is 16.4. The third kappa shape index (κ3) is 8.60. The quantitative estimate of drug-likeness (QED) is 0.216. The van der Waals surface area contributed by atoms with Crippen molar-refractivity contribution in [2.75, 3.05) is 26.7 Å². The number of aliphatic imine (C=N–C) groups is 1. The van der Waals surface area contributed by atoms with Gasteiger partial charge in [-0.1, -0.05) is 37.3 Å². The van der Waals surface area contributed by atoms with Gasteiger partial charge in [-0.15, -0.1) is 24.0 Å². The maximum absolute atomic E-state index is 12.1. The minimum absolute atomic E-state index is 0. The first-order valence-electron chi connectivity index (χ1n) is 9.22. The van der Waals surface area contributed by atoms with Crippen molar-refractivity contribution < 1.29 is 9.53 Å². The Morgan fingerprint density at radius 1 is 1.00 bits per heavy atom. The predicted octanol–water partition coefficient (Wildman–Crippen LogP) is 3.19. The second-order valence-corrected chi connectivity index (χ2v) is 5.97. The number of carbonyl (C=O) groups excluding carboxylic acids is 1. The molecule has 28 heavy (non-hydrogen) atoms. The predicted molar refractivity (Wildman–Crippen MR) is 125 cm³/mol. The molecule has 0 unspecified atom stereocenters. The monoisotopic (exact) mass is 496 g/mol. The van der Waals surface area contributed by atoms with Gasteiger partial charge in [0.25, 0.3) is 5.91 Å². The summed E-state index contributed by atoms with van der Waals surface area (Å²) in [6.07, 6.45) is 0.920. The van der Waals surface area contributed by atoms with E-state index in [1.54, 1.807) is 7.05 Å². The highest BCUT2D eigenvalue weighted by molar-refractivity contribution is 14.0. The Labute approximate surface area is 184 Å². The molecule has 0 fully saturated rings. The number of rotatable bonds is 9. The molecule has 1 amide bonds. The number of nitrogens with zero attached hydrogens (tertiary/aromatic N) is 1. The molecule has 2 rings (SSSR count). The molecule has 0 radical (unpaired) electrons. The largest absolute Gasteiger partial charge is 0.492 e. The summed E-state index contributed by atoms with van der Waals surface area (Å²) in [4.78, 5) is 16.3. The van der Waals surface area contributed by atoms with Crippen molar-refractivity contribution in [2.45, 2.75) is 19.9 Å². The SMILES string of the molecule is CCCNC(=O)c1cccc(CNC(=NC)NCCOc2ccccc2)c1.I. The normalized spacial score (nSPS) is 10.6. The van der Waals surface area contributed by atoms with Crippen LogP contribution in [-0.4, -0.2) is 38.6 Å². The Morgan fingerprint density at radius 3 is 2.50 bits per heavy atom. The van der Waals surface area contributed by atoms with Crippen molar-refractivity contribution in [1.29, 1.82) is 0 Å². The van der Waals surface area contributed by atoms with Crippen LogP contribution in [0, 0.1) is 0 Å². The van der Waals surface area contributed by atoms with Crippen molar-refractivity contribution >= 4 is 35.8 Å². The molecule has 3 N–H and O–H groups in total. The van der Waals surface area contributed by atoms with E-state index in [1.165, 1.54) is 0 Å². The smallest absolute Gasteiger partial charge is 0.251 e. The van der Waals surface area contributed by atoms with Crippen LogP contribution >= 0.6 is 24.0 Å². The van der Waals surface area contributed by atoms with Gasteiger partial charge in [-0.3, -0.25) is 9.79 Å². The summed E-state index contributed by atoms with van der Waals surface area (Å²) in [7, 11) is 1.72. The zero-order chi connectivity index (χ0) is 19.3. The van der Waals surface area contributed by atoms with Crippen LogP contribution in [0.4, 0.5) is 0 Å². The van der Waals surface area contributed by atoms with Crippen molar-refractivity contribution in [3.63, 3.8) is 0 Å². The summed E-state index contributed by atoms with van der Waals surface area (Å²) >= 11 is 0. The lowest BCUT2D eigenvalue weighted by Crippen LogP contribution is -2.38. The van der Waals surface area contributed by atoms with Crippen molar-refractivity contribution in [2.24, 2.45) is 4.99 Å². The Hall–Kier alpha value is -2.29. The first kappa shape index (κ1) is 23.7. The second-order valence-electron chi connectivity index (χ2n) is 5.97. The Balaban J connectivity index is 0.00000392. The Kier molecular flexibility index (Phi) is 11.7. The number of para-hydroxylation sites is 1. The molecular formula is C21H29IN4O2. The van der Waals surface area contributed by atoms with Crippen LogP contribution in [0.1, 0.15) is 29.3 Å². The van der Waals surface area contributed by atoms with Crippen molar-refractivity contribution in [3.8, 4) is 5.75 Å². The van der Waals surface area contributed by atoms with Crippen LogP contribution < -0.4 is 20.7 Å². The van der Waals surface area contributed by atoms with Crippen LogP contribution in [0.2, 0.25) is 0 Å². The number of halogens is 1. The molecule has 0 heterocycles. The van der Waals surface area contributed by atoms with Crippen LogP contribution in [0.15, 0.2) is 59.6 Å². The Bertz CT molecular complexity index is 738. The Morgan fingerprint density at radius 2 is 1.79 bits per heavy atom. The third-order valence-electron chi connectivity index (χ3n) is 3.81. The lowest BCUT2D eigenvalue weighted by molar-refractivity contribution is 0.0953. The summed E-state index contributed by atoms with van der Waals surface area (Å²) in [5, 5.41) is 9.35. The van der Waals surface area contributed by atoms with E-state index < -0.39 is 0 Å². The molecule has 0 aliphatic heterocycles. The van der Waals surface area contributed by atoms with Crippen LogP contribution in [0.25, 0.3) is 0 Å². The van der Waals surface area contributed by atoms with E-state index in [-0.39, 0.29) is 29.9 Å². The molecule has 2 aromatic rings. The van der Waals surface area contributed by atoms with Crippen LogP contribution in [-0.2, 0) is 6.54 Å². The number of hydrogen-bond donors (Lipinski definition) is 3. The van der Waals surface area contributed by atoms with Gasteiger partial charge in [-0.25, -0.2) is 0 Å². The van der Waals surface area contributed by atoms with E-state index in [9.17, 15) is 4.79 Å². The minimum Gasteiger partial charge on any atom is -0.492 e. The maximum Gasteiger partial charge on any atom is 0.251 e. The number of hydrogen-bond acceptors (Lipinski definition) is 3. The highest BCUT2D eigenvalue weighted by atomic mass is 127. The van der Waals surface area contributed by atoms with Gasteiger partial charge in [-0.2, -0.15) is 0 Å². The van der Waals surface area contributed by atoms with Gasteiger partial charge in [0.1, 0.15) is 12.4 Å². The van der Waals surface area contributed by atoms with Gasteiger partial charge in [0, 0.05) is 25.7 Å². The van der Waals surface area contributed by atoms with Gasteiger partial charge < -0.3 is 20.7 Å². The molecule has 0 aliphatic rings. The first-order valence-corrected chi connectivity index (χ1v) is 9.22. The standard InChI is InChI=1S/C21H28N4O2.HI/c1-3-12-23-20(26)18-9-7-8-17(15-18)16-25-21(22-2)24-13-14-27-19-10-5-4-6-11-19;/h4-11,15H,3,12-14,16H2,1-2H3,(H,23,26)(H2,22,24,25);1H. The molecular weight excluding hydrogens is 467 g/mol. The molecule has 7 heteroatoms.